The van der Waals surface area contributed by atoms with Gasteiger partial charge in [0.25, 0.3) is 0 Å². The summed E-state index contributed by atoms with van der Waals surface area (Å²) in [7, 11) is -3.89. The van der Waals surface area contributed by atoms with Gasteiger partial charge in [0.05, 0.1) is 34.0 Å². The third kappa shape index (κ3) is 7.36. The molecule has 2 saturated carbocycles. The van der Waals surface area contributed by atoms with Gasteiger partial charge in [-0.25, -0.2) is 18.4 Å². The van der Waals surface area contributed by atoms with Crippen molar-refractivity contribution in [2.45, 2.75) is 135 Å². The number of ether oxygens (including phenoxy) is 1. The molecular weight excluding hydrogens is 721 g/mol. The van der Waals surface area contributed by atoms with Crippen LogP contribution in [0.4, 0.5) is 0 Å². The summed E-state index contributed by atoms with van der Waals surface area (Å²) >= 11 is 1.55. The lowest BCUT2D eigenvalue weighted by Gasteiger charge is -2.28. The van der Waals surface area contributed by atoms with E-state index in [0.717, 1.165) is 64.8 Å². The Bertz CT molecular complexity index is 2100. The molecule has 0 bridgehead atoms. The summed E-state index contributed by atoms with van der Waals surface area (Å²) in [4.78, 5) is 54.5. The first-order valence-electron chi connectivity index (χ1n) is 19.8. The number of ketones is 1. The van der Waals surface area contributed by atoms with E-state index in [9.17, 15) is 22.8 Å². The average Bonchev–Trinajstić information content (AvgIpc) is 3.90. The van der Waals surface area contributed by atoms with Crippen molar-refractivity contribution in [1.29, 1.82) is 0 Å². The average molecular weight is 775 g/mol. The molecule has 1 aromatic carbocycles. The van der Waals surface area contributed by atoms with E-state index in [1.54, 1.807) is 23.2 Å². The molecule has 1 saturated heterocycles. The number of nitrogens with one attached hydrogen (secondary N) is 1. The van der Waals surface area contributed by atoms with Crippen LogP contribution in [0, 0.1) is 31.1 Å². The Balaban J connectivity index is 1.22. The molecule has 4 aliphatic rings. The number of hydrogen-bond donors (Lipinski definition) is 1. The van der Waals surface area contributed by atoms with Gasteiger partial charge in [0.2, 0.25) is 21.8 Å². The number of fused-ring (bicyclic) bond motifs is 3. The second-order valence-corrected chi connectivity index (χ2v) is 19.8. The number of aryl methyl sites for hydroxylation is 2. The minimum absolute atomic E-state index is 0.0548. The van der Waals surface area contributed by atoms with Crippen molar-refractivity contribution in [2.24, 2.45) is 17.3 Å². The maximum atomic E-state index is 14.6. The van der Waals surface area contributed by atoms with Crippen molar-refractivity contribution in [3.63, 3.8) is 0 Å². The number of thiazole rings is 1. The normalized spacial score (nSPS) is 27.9. The number of aromatic nitrogens is 2. The van der Waals surface area contributed by atoms with E-state index in [0.29, 0.717) is 37.1 Å². The fourth-order valence-electron chi connectivity index (χ4n) is 8.16. The molecule has 4 heterocycles. The maximum absolute atomic E-state index is 14.6. The zero-order chi connectivity index (χ0) is 38.6. The molecular formula is C42H54N4O6S2. The Morgan fingerprint density at radius 2 is 1.91 bits per heavy atom. The molecule has 7 rings (SSSR count). The minimum Gasteiger partial charge on any atom is -0.488 e. The number of pyridine rings is 1. The van der Waals surface area contributed by atoms with Crippen molar-refractivity contribution < 1.29 is 27.5 Å². The zero-order valence-corrected chi connectivity index (χ0v) is 34.1. The molecule has 2 aliphatic heterocycles. The fraction of sp³-hybridized carbons (Fsp3) is 0.595. The molecule has 0 spiro atoms. The molecule has 1 N–H and O–H groups in total. The zero-order valence-electron chi connectivity index (χ0n) is 32.4. The van der Waals surface area contributed by atoms with Gasteiger partial charge in [-0.05, 0) is 94.7 Å². The number of benzene rings is 1. The van der Waals surface area contributed by atoms with E-state index in [-0.39, 0.29) is 48.8 Å². The van der Waals surface area contributed by atoms with Crippen LogP contribution in [0.3, 0.4) is 0 Å². The summed E-state index contributed by atoms with van der Waals surface area (Å²) in [6, 6.07) is 5.20. The standard InChI is InChI=1S/C42H54N4O6S2/c1-7-28-13-11-9-8-10-12-14-29-21-42(29,40(49)45-54(50,51)41(6)17-18-41)22-35(47)34-19-30(23-46(34)39(28)48)52-36-20-32(38-44-33(24-53-38)25(2)3)43-37-27(5)26(4)15-16-31(36)37/h12,14-16,20,24-25,28-30,34H,7-11,13,17-19,21-23H2,1-6H3,(H,45,49)/b14-12-/t28-,29+,30?,34-,42+/m0/s1. The third-order valence-corrected chi connectivity index (χ3v) is 15.6. The van der Waals surface area contributed by atoms with E-state index < -0.39 is 38.2 Å². The number of Topliss-reactive ketones (excluding diaryl/α,β-unsaturated/α-hetero) is 1. The number of sulfonamides is 1. The Morgan fingerprint density at radius 3 is 2.61 bits per heavy atom. The fourth-order valence-corrected chi connectivity index (χ4v) is 10.4. The largest absolute Gasteiger partial charge is 0.488 e. The predicted molar refractivity (Wildman–Crippen MR) is 212 cm³/mol. The highest BCUT2D eigenvalue weighted by Gasteiger charge is 2.62. The SMILES string of the molecule is CC[C@H]1CCCCC/C=C\[C@@H]2C[C@@]2(C(=O)NS(=O)(=O)C2(C)CC2)CC(=O)[C@@H]2CC(Oc3cc(-c4nc(C(C)C)cs4)nc4c(C)c(C)ccc34)CN2C1=O. The maximum Gasteiger partial charge on any atom is 0.240 e. The molecule has 5 atom stereocenters. The van der Waals surface area contributed by atoms with Crippen LogP contribution in [0.5, 0.6) is 5.75 Å². The molecule has 0 radical (unpaired) electrons. The van der Waals surface area contributed by atoms with Gasteiger partial charge in [-0.3, -0.25) is 19.1 Å². The van der Waals surface area contributed by atoms with Crippen molar-refractivity contribution in [3.05, 3.63) is 52.6 Å². The van der Waals surface area contributed by atoms with Crippen molar-refractivity contribution in [2.75, 3.05) is 6.54 Å². The monoisotopic (exact) mass is 774 g/mol. The molecule has 54 heavy (non-hydrogen) atoms. The van der Waals surface area contributed by atoms with Crippen molar-refractivity contribution in [3.8, 4) is 16.5 Å². The molecule has 3 fully saturated rings. The van der Waals surface area contributed by atoms with Gasteiger partial charge in [-0.15, -0.1) is 11.3 Å². The molecule has 290 valence electrons. The molecule has 3 aromatic rings. The first-order chi connectivity index (χ1) is 25.7. The summed E-state index contributed by atoms with van der Waals surface area (Å²) in [6.45, 7) is 12.2. The number of nitrogens with zero attached hydrogens (tertiary/aromatic N) is 3. The van der Waals surface area contributed by atoms with E-state index in [1.165, 1.54) is 0 Å². The summed E-state index contributed by atoms with van der Waals surface area (Å²) < 4.78 is 34.7. The quantitative estimate of drug-likeness (QED) is 0.228. The first-order valence-corrected chi connectivity index (χ1v) is 22.1. The van der Waals surface area contributed by atoms with Crippen molar-refractivity contribution in [1.82, 2.24) is 19.6 Å². The smallest absolute Gasteiger partial charge is 0.240 e. The van der Waals surface area contributed by atoms with Gasteiger partial charge in [0.15, 0.2) is 5.78 Å². The molecule has 2 aromatic heterocycles. The summed E-state index contributed by atoms with van der Waals surface area (Å²) in [6.07, 6.45) is 10.2. The summed E-state index contributed by atoms with van der Waals surface area (Å²) in [5.41, 5.74) is 3.53. The second kappa shape index (κ2) is 14.8. The Labute approximate surface area is 323 Å². The minimum atomic E-state index is -3.89. The third-order valence-electron chi connectivity index (χ3n) is 12.6. The Kier molecular flexibility index (Phi) is 10.6. The number of allylic oxidation sites excluding steroid dienone is 2. The van der Waals surface area contributed by atoms with E-state index in [4.69, 9.17) is 14.7 Å². The predicted octanol–water partition coefficient (Wildman–Crippen LogP) is 7.96. The van der Waals surface area contributed by atoms with Crippen LogP contribution in [-0.4, -0.2) is 64.3 Å². The Hall–Kier alpha value is -3.64. The van der Waals surface area contributed by atoms with E-state index in [2.05, 4.69) is 49.9 Å². The van der Waals surface area contributed by atoms with Crippen LogP contribution >= 0.6 is 11.3 Å². The van der Waals surface area contributed by atoms with Crippen LogP contribution in [0.25, 0.3) is 21.6 Å². The van der Waals surface area contributed by atoms with Gasteiger partial charge in [-0.1, -0.05) is 51.8 Å². The number of rotatable bonds is 8. The van der Waals surface area contributed by atoms with Gasteiger partial charge < -0.3 is 9.64 Å². The number of carbonyl (C=O) groups is 3. The Morgan fingerprint density at radius 1 is 1.13 bits per heavy atom. The van der Waals surface area contributed by atoms with E-state index >= 15 is 0 Å². The van der Waals surface area contributed by atoms with Crippen LogP contribution < -0.4 is 9.46 Å². The highest BCUT2D eigenvalue weighted by atomic mass is 32.2. The summed E-state index contributed by atoms with van der Waals surface area (Å²) in [5.74, 6) is -0.459. The van der Waals surface area contributed by atoms with Gasteiger partial charge in [-0.2, -0.15) is 0 Å². The molecule has 2 aliphatic carbocycles. The van der Waals surface area contributed by atoms with Gasteiger partial charge in [0.1, 0.15) is 22.6 Å². The number of carbonyl (C=O) groups excluding carboxylic acids is 3. The molecule has 2 amide bonds. The second-order valence-electron chi connectivity index (χ2n) is 16.8. The van der Waals surface area contributed by atoms with Crippen LogP contribution in [0.15, 0.2) is 35.7 Å². The van der Waals surface area contributed by atoms with Gasteiger partial charge >= 0.3 is 0 Å². The number of hydrogen-bond acceptors (Lipinski definition) is 9. The molecule has 10 nitrogen and oxygen atoms in total. The lowest BCUT2D eigenvalue weighted by atomic mass is 9.91. The van der Waals surface area contributed by atoms with Crippen LogP contribution in [-0.2, 0) is 24.4 Å². The van der Waals surface area contributed by atoms with Gasteiger partial charge in [0, 0.05) is 35.6 Å². The highest BCUT2D eigenvalue weighted by Crippen LogP contribution is 2.57. The van der Waals surface area contributed by atoms with Crippen LogP contribution in [0.2, 0.25) is 0 Å². The lowest BCUT2D eigenvalue weighted by molar-refractivity contribution is -0.142. The van der Waals surface area contributed by atoms with Crippen molar-refractivity contribution >= 4 is 49.9 Å². The first kappa shape index (κ1) is 38.6. The highest BCUT2D eigenvalue weighted by molar-refractivity contribution is 7.91. The topological polar surface area (TPSA) is 136 Å². The van der Waals surface area contributed by atoms with E-state index in [1.807, 2.05) is 25.1 Å². The molecule has 12 heteroatoms. The van der Waals surface area contributed by atoms with Crippen LogP contribution in [0.1, 0.15) is 121 Å². The summed E-state index contributed by atoms with van der Waals surface area (Å²) in [5, 5.41) is 3.72. The molecule has 1 unspecified atom stereocenters. The lowest BCUT2D eigenvalue weighted by Crippen LogP contribution is -2.47. The number of amides is 2.